The van der Waals surface area contributed by atoms with Gasteiger partial charge in [-0.15, -0.1) is 0 Å². The monoisotopic (exact) mass is 387 g/mol. The molecule has 2 aromatic carbocycles. The van der Waals surface area contributed by atoms with E-state index in [1.54, 1.807) is 18.2 Å². The smallest absolute Gasteiger partial charge is 0.338 e. The maximum Gasteiger partial charge on any atom is 0.338 e. The highest BCUT2D eigenvalue weighted by Gasteiger charge is 2.16. The molecule has 3 rings (SSSR count). The van der Waals surface area contributed by atoms with E-state index in [2.05, 4.69) is 32.8 Å². The summed E-state index contributed by atoms with van der Waals surface area (Å²) in [7, 11) is 0. The first-order valence-corrected chi connectivity index (χ1v) is 8.66. The molecule has 0 unspecified atom stereocenters. The Morgan fingerprint density at radius 2 is 1.96 bits per heavy atom. The summed E-state index contributed by atoms with van der Waals surface area (Å²) in [6.07, 6.45) is 1.56. The number of rotatable bonds is 5. The summed E-state index contributed by atoms with van der Waals surface area (Å²) in [5.41, 5.74) is 7.97. The highest BCUT2D eigenvalue weighted by Crippen LogP contribution is 2.22. The highest BCUT2D eigenvalue weighted by atomic mass is 79.9. The minimum atomic E-state index is -0.316. The van der Waals surface area contributed by atoms with Crippen LogP contribution in [-0.4, -0.2) is 12.6 Å². The molecular weight excluding hydrogens is 370 g/mol. The second-order valence-electron chi connectivity index (χ2n) is 5.58. The topological polar surface area (TPSA) is 77.0 Å². The van der Waals surface area contributed by atoms with E-state index in [0.717, 1.165) is 33.6 Å². The number of hydrogen-bond donors (Lipinski definition) is 1. The quantitative estimate of drug-likeness (QED) is 0.486. The Balaban J connectivity index is 1.79. The number of unbranched alkanes of at least 4 members (excludes halogenated alkanes) is 1. The van der Waals surface area contributed by atoms with Crippen molar-refractivity contribution >= 4 is 27.6 Å². The van der Waals surface area contributed by atoms with Gasteiger partial charge in [0, 0.05) is 5.69 Å². The van der Waals surface area contributed by atoms with Gasteiger partial charge in [-0.1, -0.05) is 25.5 Å². The maximum absolute atomic E-state index is 11.9. The molecule has 1 atom stereocenters. The Kier molecular flexibility index (Phi) is 4.94. The van der Waals surface area contributed by atoms with Crippen LogP contribution in [-0.2, 0) is 4.74 Å². The number of hydrogen-bond acceptors (Lipinski definition) is 5. The zero-order valence-corrected chi connectivity index (χ0v) is 14.9. The van der Waals surface area contributed by atoms with Crippen molar-refractivity contribution in [3.63, 3.8) is 0 Å². The summed E-state index contributed by atoms with van der Waals surface area (Å²) in [6, 6.07) is 10.9. The van der Waals surface area contributed by atoms with E-state index in [1.165, 1.54) is 0 Å². The average Bonchev–Trinajstić information content (AvgIpc) is 3.03. The summed E-state index contributed by atoms with van der Waals surface area (Å²) in [5.74, 6) is -0.297. The molecule has 2 N–H and O–H groups in total. The Morgan fingerprint density at radius 1 is 1.21 bits per heavy atom. The minimum Gasteiger partial charge on any atom is -0.462 e. The van der Waals surface area contributed by atoms with Crippen LogP contribution in [0.25, 0.3) is 0 Å². The first kappa shape index (κ1) is 16.6. The number of nitrogens with two attached hydrogens (primary N) is 1. The van der Waals surface area contributed by atoms with Crippen LogP contribution >= 0.6 is 15.9 Å². The van der Waals surface area contributed by atoms with Crippen molar-refractivity contribution < 1.29 is 9.53 Å². The third-order valence-electron chi connectivity index (χ3n) is 3.81. The van der Waals surface area contributed by atoms with Crippen LogP contribution in [0, 0.1) is 0 Å². The lowest BCUT2D eigenvalue weighted by atomic mass is 10.1. The zero-order chi connectivity index (χ0) is 17.1. The number of anilines is 1. The molecule has 124 valence electrons. The van der Waals surface area contributed by atoms with Gasteiger partial charge in [0.05, 0.1) is 22.0 Å². The van der Waals surface area contributed by atoms with Crippen LogP contribution in [0.2, 0.25) is 0 Å². The molecular formula is C18H18BrN3O2. The average molecular weight is 388 g/mol. The molecule has 0 spiro atoms. The van der Waals surface area contributed by atoms with Gasteiger partial charge in [-0.3, -0.25) is 9.98 Å². The molecule has 24 heavy (non-hydrogen) atoms. The van der Waals surface area contributed by atoms with Crippen molar-refractivity contribution in [1.29, 1.82) is 0 Å². The number of carbonyl (C=O) groups excluding carboxylic acids is 1. The first-order valence-electron chi connectivity index (χ1n) is 7.87. The fraction of sp³-hybridized carbons (Fsp3) is 0.278. The summed E-state index contributed by atoms with van der Waals surface area (Å²) >= 11 is 3.45. The van der Waals surface area contributed by atoms with E-state index >= 15 is 0 Å². The van der Waals surface area contributed by atoms with Crippen molar-refractivity contribution in [2.45, 2.75) is 25.9 Å². The molecule has 0 radical (unpaired) electrons. The molecule has 1 heterocycles. The molecule has 0 bridgehead atoms. The Labute approximate surface area is 148 Å². The van der Waals surface area contributed by atoms with Crippen molar-refractivity contribution in [1.82, 2.24) is 0 Å². The van der Waals surface area contributed by atoms with Crippen molar-refractivity contribution in [3.8, 4) is 0 Å². The normalized spacial score (nSPS) is 15.3. The van der Waals surface area contributed by atoms with Crippen LogP contribution in [0.5, 0.6) is 0 Å². The van der Waals surface area contributed by atoms with Crippen molar-refractivity contribution in [3.05, 3.63) is 62.7 Å². The first-order chi connectivity index (χ1) is 11.6. The van der Waals surface area contributed by atoms with Gasteiger partial charge >= 0.3 is 5.97 Å². The largest absolute Gasteiger partial charge is 0.462 e. The summed E-state index contributed by atoms with van der Waals surface area (Å²) in [4.78, 5) is 21.1. The second kappa shape index (κ2) is 7.13. The number of benzene rings is 2. The van der Waals surface area contributed by atoms with Crippen molar-refractivity contribution in [2.75, 3.05) is 12.3 Å². The van der Waals surface area contributed by atoms with Crippen LogP contribution in [0.3, 0.4) is 0 Å². The van der Waals surface area contributed by atoms with Crippen molar-refractivity contribution in [2.24, 2.45) is 9.98 Å². The predicted octanol–water partition coefficient (Wildman–Crippen LogP) is 2.94. The summed E-state index contributed by atoms with van der Waals surface area (Å²) in [6.45, 7) is 2.51. The number of fused-ring (bicyclic) bond motifs is 1. The summed E-state index contributed by atoms with van der Waals surface area (Å²) < 4.78 is 5.97. The lowest BCUT2D eigenvalue weighted by Gasteiger charge is -2.07. The molecule has 0 amide bonds. The fourth-order valence-electron chi connectivity index (χ4n) is 2.41. The highest BCUT2D eigenvalue weighted by molar-refractivity contribution is 9.10. The predicted molar refractivity (Wildman–Crippen MR) is 95.2 cm³/mol. The van der Waals surface area contributed by atoms with Gasteiger partial charge in [0.1, 0.15) is 5.36 Å². The Morgan fingerprint density at radius 3 is 2.67 bits per heavy atom. The molecule has 1 aliphatic heterocycles. The van der Waals surface area contributed by atoms with E-state index in [-0.39, 0.29) is 12.1 Å². The van der Waals surface area contributed by atoms with Crippen LogP contribution in [0.1, 0.15) is 41.9 Å². The zero-order valence-electron chi connectivity index (χ0n) is 13.3. The van der Waals surface area contributed by atoms with Gasteiger partial charge in [-0.25, -0.2) is 4.79 Å². The molecule has 0 saturated carbocycles. The number of carbonyl (C=O) groups is 1. The molecule has 0 aliphatic carbocycles. The minimum absolute atomic E-state index is 0.297. The molecule has 0 saturated heterocycles. The molecule has 0 fully saturated rings. The van der Waals surface area contributed by atoms with E-state index in [9.17, 15) is 4.79 Å². The molecule has 6 heteroatoms. The van der Waals surface area contributed by atoms with E-state index in [0.29, 0.717) is 17.9 Å². The number of halogens is 1. The van der Waals surface area contributed by atoms with Crippen LogP contribution < -0.4 is 16.4 Å². The number of nitrogens with zero attached hydrogens (tertiary/aromatic N) is 2. The Bertz CT molecular complexity index is 878. The fourth-order valence-corrected chi connectivity index (χ4v) is 2.85. The van der Waals surface area contributed by atoms with Gasteiger partial charge in [-0.2, -0.15) is 0 Å². The standard InChI is InChI=1S/C18H18BrN3O2/c1-2-3-10-24-18(23)12-6-4-11(5-7-12)17-21-14-9-8-13(20)15(19)16(14)22-17/h4-9,17H,2-3,10,20H2,1H3/t17-/m1/s1. The van der Waals surface area contributed by atoms with Gasteiger partial charge in [0.2, 0.25) is 0 Å². The maximum atomic E-state index is 11.9. The van der Waals surface area contributed by atoms with Gasteiger partial charge in [0.15, 0.2) is 6.17 Å². The summed E-state index contributed by atoms with van der Waals surface area (Å²) in [5, 5.41) is 1.58. The number of esters is 1. The molecule has 1 aliphatic rings. The lowest BCUT2D eigenvalue weighted by Crippen LogP contribution is -2.23. The third kappa shape index (κ3) is 3.33. The lowest BCUT2D eigenvalue weighted by molar-refractivity contribution is 0.0499. The van der Waals surface area contributed by atoms with E-state index in [4.69, 9.17) is 10.5 Å². The molecule has 2 aromatic rings. The van der Waals surface area contributed by atoms with Crippen LogP contribution in [0.15, 0.2) is 50.9 Å². The number of ether oxygens (including phenoxy) is 1. The number of nitrogen functional groups attached to an aromatic ring is 1. The van der Waals surface area contributed by atoms with E-state index < -0.39 is 0 Å². The molecule has 0 aromatic heterocycles. The van der Waals surface area contributed by atoms with E-state index in [1.807, 2.05) is 18.2 Å². The second-order valence-corrected chi connectivity index (χ2v) is 6.37. The third-order valence-corrected chi connectivity index (χ3v) is 4.65. The van der Waals surface area contributed by atoms with Gasteiger partial charge in [-0.05, 0) is 52.2 Å². The SMILES string of the molecule is CCCCOC(=O)c1ccc([C@@H]2N=c3ccc(N)c(Br)c3=N2)cc1. The van der Waals surface area contributed by atoms with Gasteiger partial charge in [0.25, 0.3) is 0 Å². The Hall–Kier alpha value is -2.21. The van der Waals surface area contributed by atoms with Gasteiger partial charge < -0.3 is 10.5 Å². The molecule has 5 nitrogen and oxygen atoms in total. The van der Waals surface area contributed by atoms with Crippen LogP contribution in [0.4, 0.5) is 5.69 Å².